The molecule has 3 heteroatoms. The van der Waals surface area contributed by atoms with Crippen LogP contribution in [0.3, 0.4) is 0 Å². The number of nitrogens with zero attached hydrogens (tertiary/aromatic N) is 1. The van der Waals surface area contributed by atoms with Gasteiger partial charge in [-0.3, -0.25) is 5.17 Å². The maximum atomic E-state index is 10.5. The molecule has 3 nitrogen and oxygen atoms in total. The normalized spacial score (nSPS) is 15.4. The molecule has 0 radical (unpaired) electrons. The van der Waals surface area contributed by atoms with E-state index in [4.69, 9.17) is 0 Å². The molecule has 0 bridgehead atoms. The van der Waals surface area contributed by atoms with Gasteiger partial charge in [0.1, 0.15) is 0 Å². The summed E-state index contributed by atoms with van der Waals surface area (Å²) < 4.78 is 0. The van der Waals surface area contributed by atoms with E-state index in [0.29, 0.717) is 6.04 Å². The number of nitrogens with one attached hydrogen (secondary N) is 1. The van der Waals surface area contributed by atoms with E-state index in [-0.39, 0.29) is 5.17 Å². The molecule has 1 N–H and O–H groups in total. The number of rotatable bonds is 2. The Morgan fingerprint density at radius 1 is 1.50 bits per heavy atom. The Labute approximate surface area is 50.4 Å². The molecule has 0 saturated heterocycles. The van der Waals surface area contributed by atoms with Crippen LogP contribution in [0.1, 0.15) is 13.8 Å². The van der Waals surface area contributed by atoms with Gasteiger partial charge in [0.2, 0.25) is 0 Å². The lowest BCUT2D eigenvalue weighted by Crippen LogP contribution is -3.11. The summed E-state index contributed by atoms with van der Waals surface area (Å²) in [5.41, 5.74) is 0. The third-order valence-corrected chi connectivity index (χ3v) is 1.27. The van der Waals surface area contributed by atoms with Crippen LogP contribution in [0, 0.1) is 5.21 Å². The van der Waals surface area contributed by atoms with Crippen LogP contribution < -0.4 is 5.17 Å². The molecule has 0 spiro atoms. The van der Waals surface area contributed by atoms with Gasteiger partial charge in [0.05, 0.1) is 13.1 Å². The Bertz CT molecular complexity index is 55.4. The smallest absolute Gasteiger partial charge is 0.0841 e. The molecule has 0 aliphatic carbocycles. The summed E-state index contributed by atoms with van der Waals surface area (Å²) in [4.78, 5) is 0. The molecule has 0 aliphatic heterocycles. The van der Waals surface area contributed by atoms with Crippen molar-refractivity contribution in [3.8, 4) is 0 Å². The zero-order chi connectivity index (χ0) is 6.73. The van der Waals surface area contributed by atoms with Crippen LogP contribution in [0.25, 0.3) is 0 Å². The highest BCUT2D eigenvalue weighted by molar-refractivity contribution is 4.41. The van der Waals surface area contributed by atoms with Crippen molar-refractivity contribution in [3.63, 3.8) is 0 Å². The first kappa shape index (κ1) is 7.88. The molecule has 0 aliphatic rings. The lowest BCUT2D eigenvalue weighted by atomic mass is 10.4. The molecule has 0 aromatic carbocycles. The van der Waals surface area contributed by atoms with Gasteiger partial charge in [-0.05, 0) is 13.8 Å². The number of quaternary nitrogens is 1. The van der Waals surface area contributed by atoms with E-state index in [2.05, 4.69) is 0 Å². The van der Waals surface area contributed by atoms with E-state index in [1.165, 1.54) is 0 Å². The van der Waals surface area contributed by atoms with Crippen molar-refractivity contribution in [2.75, 3.05) is 14.1 Å². The van der Waals surface area contributed by atoms with Gasteiger partial charge in [0, 0.05) is 7.05 Å². The van der Waals surface area contributed by atoms with Crippen LogP contribution >= 0.6 is 0 Å². The van der Waals surface area contributed by atoms with Gasteiger partial charge < -0.3 is 5.21 Å². The predicted molar refractivity (Wildman–Crippen MR) is 33.2 cm³/mol. The van der Waals surface area contributed by atoms with Crippen LogP contribution in [0.2, 0.25) is 0 Å². The fraction of sp³-hybridized carbons (Fsp3) is 1.00. The minimum absolute atomic E-state index is 0.125. The lowest BCUT2D eigenvalue weighted by molar-refractivity contribution is -0.954. The molecule has 0 fully saturated rings. The first-order chi connectivity index (χ1) is 3.55. The van der Waals surface area contributed by atoms with E-state index in [0.717, 1.165) is 0 Å². The highest BCUT2D eigenvalue weighted by Gasteiger charge is 2.03. The van der Waals surface area contributed by atoms with E-state index in [9.17, 15) is 5.21 Å². The van der Waals surface area contributed by atoms with Gasteiger partial charge in [-0.1, -0.05) is 0 Å². The molecule has 50 valence electrons. The van der Waals surface area contributed by atoms with Crippen LogP contribution in [-0.4, -0.2) is 25.1 Å². The highest BCUT2D eigenvalue weighted by Crippen LogP contribution is 1.80. The summed E-state index contributed by atoms with van der Waals surface area (Å²) in [5, 5.41) is 12.3. The van der Waals surface area contributed by atoms with Crippen LogP contribution in [0.4, 0.5) is 0 Å². The Hall–Kier alpha value is -0.120. The Balaban J connectivity index is 3.46. The minimum atomic E-state index is 0.125. The third kappa shape index (κ3) is 2.26. The summed E-state index contributed by atoms with van der Waals surface area (Å²) in [5.74, 6) is 0. The molecule has 0 aromatic rings. The Morgan fingerprint density at radius 2 is 1.88 bits per heavy atom. The van der Waals surface area contributed by atoms with Crippen molar-refractivity contribution in [2.24, 2.45) is 0 Å². The second-order valence-electron chi connectivity index (χ2n) is 2.22. The van der Waals surface area contributed by atoms with Gasteiger partial charge in [0.15, 0.2) is 0 Å². The molecular formula is C5H14N2O. The van der Waals surface area contributed by atoms with Gasteiger partial charge in [0.25, 0.3) is 0 Å². The Kier molecular flexibility index (Phi) is 2.97. The quantitative estimate of drug-likeness (QED) is 0.484. The van der Waals surface area contributed by atoms with Crippen molar-refractivity contribution < 1.29 is 5.17 Å². The number of hydrogen-bond donors (Lipinski definition) is 1. The summed E-state index contributed by atoms with van der Waals surface area (Å²) in [6, 6.07) is 0.326. The first-order valence-electron chi connectivity index (χ1n) is 2.79. The molecule has 0 amide bonds. The Morgan fingerprint density at radius 3 is 1.88 bits per heavy atom. The van der Waals surface area contributed by atoms with Gasteiger partial charge in [-0.2, -0.15) is 5.01 Å². The topological polar surface area (TPSA) is 30.7 Å². The molecule has 0 saturated carbocycles. The lowest BCUT2D eigenvalue weighted by Gasteiger charge is -2.29. The van der Waals surface area contributed by atoms with Crippen molar-refractivity contribution >= 4 is 0 Å². The predicted octanol–water partition coefficient (Wildman–Crippen LogP) is -0.746. The minimum Gasteiger partial charge on any atom is -0.613 e. The van der Waals surface area contributed by atoms with Crippen LogP contribution in [0.5, 0.6) is 0 Å². The second-order valence-corrected chi connectivity index (χ2v) is 2.22. The van der Waals surface area contributed by atoms with Crippen molar-refractivity contribution in [3.05, 3.63) is 5.21 Å². The average molecular weight is 118 g/mol. The number of hydrogen-bond acceptors (Lipinski definition) is 2. The van der Waals surface area contributed by atoms with E-state index >= 15 is 0 Å². The highest BCUT2D eigenvalue weighted by atomic mass is 16.5. The number of hydroxylamine groups is 1. The van der Waals surface area contributed by atoms with E-state index in [1.807, 2.05) is 13.8 Å². The van der Waals surface area contributed by atoms with Gasteiger partial charge >= 0.3 is 0 Å². The fourth-order valence-electron chi connectivity index (χ4n) is 0.364. The van der Waals surface area contributed by atoms with Gasteiger partial charge in [-0.25, -0.2) is 0 Å². The second kappa shape index (κ2) is 3.02. The molecule has 0 aromatic heterocycles. The maximum absolute atomic E-state index is 10.5. The molecule has 0 rings (SSSR count). The summed E-state index contributed by atoms with van der Waals surface area (Å²) in [6.45, 7) is 3.98. The SMILES string of the molecule is CC(C)N(C)[NH+](C)[O-]. The molecule has 8 heavy (non-hydrogen) atoms. The van der Waals surface area contributed by atoms with Crippen LogP contribution in [-0.2, 0) is 0 Å². The van der Waals surface area contributed by atoms with Crippen molar-refractivity contribution in [1.82, 2.24) is 5.01 Å². The van der Waals surface area contributed by atoms with E-state index in [1.54, 1.807) is 19.1 Å². The summed E-state index contributed by atoms with van der Waals surface area (Å²) in [6.07, 6.45) is 0. The average Bonchev–Trinajstić information content (AvgIpc) is 1.64. The zero-order valence-corrected chi connectivity index (χ0v) is 5.93. The van der Waals surface area contributed by atoms with Gasteiger partial charge in [-0.15, -0.1) is 0 Å². The van der Waals surface area contributed by atoms with Crippen molar-refractivity contribution in [2.45, 2.75) is 19.9 Å². The summed E-state index contributed by atoms with van der Waals surface area (Å²) in [7, 11) is 3.37. The third-order valence-electron chi connectivity index (χ3n) is 1.27. The molecule has 1 unspecified atom stereocenters. The molecular weight excluding hydrogens is 104 g/mol. The van der Waals surface area contributed by atoms with E-state index < -0.39 is 0 Å². The zero-order valence-electron chi connectivity index (χ0n) is 5.93. The standard InChI is InChI=1S/C5H14N2O/c1-5(2)6(3)7(4)8/h5,7H,1-4H3. The fourth-order valence-corrected chi connectivity index (χ4v) is 0.364. The maximum Gasteiger partial charge on any atom is 0.0841 e. The largest absolute Gasteiger partial charge is 0.613 e. The monoisotopic (exact) mass is 118 g/mol. The molecule has 1 atom stereocenters. The summed E-state index contributed by atoms with van der Waals surface area (Å²) >= 11 is 0. The van der Waals surface area contributed by atoms with Crippen LogP contribution in [0.15, 0.2) is 0 Å². The first-order valence-corrected chi connectivity index (χ1v) is 2.79. The molecule has 0 heterocycles. The van der Waals surface area contributed by atoms with Crippen molar-refractivity contribution in [1.29, 1.82) is 0 Å².